The summed E-state index contributed by atoms with van der Waals surface area (Å²) in [6.07, 6.45) is 0. The number of benzene rings is 1. The zero-order valence-electron chi connectivity index (χ0n) is 9.26. The molecule has 6 nitrogen and oxygen atoms in total. The van der Waals surface area contributed by atoms with Crippen LogP contribution in [0.25, 0.3) is 11.0 Å². The van der Waals surface area contributed by atoms with Crippen LogP contribution in [0, 0.1) is 0 Å². The van der Waals surface area contributed by atoms with Gasteiger partial charge in [-0.25, -0.2) is 0 Å². The molecule has 0 saturated carbocycles. The Morgan fingerprint density at radius 3 is 2.12 bits per heavy atom. The van der Waals surface area contributed by atoms with Crippen molar-refractivity contribution in [1.29, 1.82) is 0 Å². The molecular weight excluding hydrogens is 224 g/mol. The first-order valence-electron chi connectivity index (χ1n) is 4.84. The topological polar surface area (TPSA) is 84.1 Å². The van der Waals surface area contributed by atoms with Crippen molar-refractivity contribution in [3.05, 3.63) is 44.5 Å². The van der Waals surface area contributed by atoms with Crippen molar-refractivity contribution in [3.63, 3.8) is 0 Å². The summed E-state index contributed by atoms with van der Waals surface area (Å²) in [7, 11) is 2.88. The van der Waals surface area contributed by atoms with Crippen molar-refractivity contribution in [1.82, 2.24) is 9.13 Å². The molecular formula is C11H9N2O4-. The lowest BCUT2D eigenvalue weighted by atomic mass is 10.2. The van der Waals surface area contributed by atoms with Crippen molar-refractivity contribution in [2.24, 2.45) is 14.1 Å². The zero-order chi connectivity index (χ0) is 12.7. The number of hydrogen-bond acceptors (Lipinski definition) is 4. The van der Waals surface area contributed by atoms with E-state index in [9.17, 15) is 19.5 Å². The molecule has 1 aromatic heterocycles. The molecule has 0 saturated heterocycles. The third-order valence-corrected chi connectivity index (χ3v) is 2.73. The molecule has 2 rings (SSSR count). The Balaban J connectivity index is 3.02. The van der Waals surface area contributed by atoms with E-state index in [1.807, 2.05) is 0 Å². The molecule has 1 heterocycles. The van der Waals surface area contributed by atoms with Crippen LogP contribution in [-0.2, 0) is 14.1 Å². The highest BCUT2D eigenvalue weighted by Gasteiger charge is 2.08. The van der Waals surface area contributed by atoms with Crippen LogP contribution < -0.4 is 16.2 Å². The normalized spacial score (nSPS) is 10.7. The minimum Gasteiger partial charge on any atom is -0.545 e. The summed E-state index contributed by atoms with van der Waals surface area (Å²) < 4.78 is 2.32. The molecule has 0 radical (unpaired) electrons. The fourth-order valence-corrected chi connectivity index (χ4v) is 1.71. The van der Waals surface area contributed by atoms with Gasteiger partial charge in [-0.15, -0.1) is 0 Å². The van der Waals surface area contributed by atoms with E-state index in [0.29, 0.717) is 11.0 Å². The smallest absolute Gasteiger partial charge is 0.316 e. The molecule has 17 heavy (non-hydrogen) atoms. The first-order valence-corrected chi connectivity index (χ1v) is 4.84. The molecule has 0 bridgehead atoms. The molecule has 0 aliphatic heterocycles. The van der Waals surface area contributed by atoms with E-state index in [1.165, 1.54) is 36.9 Å². The SMILES string of the molecule is Cn1c(=O)c(=O)n(C)c2cc(C(=O)[O-])ccc21. The minimum atomic E-state index is -1.33. The Hall–Kier alpha value is -2.37. The van der Waals surface area contributed by atoms with Gasteiger partial charge < -0.3 is 19.0 Å². The number of hydrogen-bond donors (Lipinski definition) is 0. The highest BCUT2D eigenvalue weighted by Crippen LogP contribution is 2.11. The molecule has 6 heteroatoms. The Bertz CT molecular complexity index is 739. The summed E-state index contributed by atoms with van der Waals surface area (Å²) in [5.41, 5.74) is -0.524. The molecule has 0 N–H and O–H groups in total. The number of aromatic nitrogens is 2. The summed E-state index contributed by atoms with van der Waals surface area (Å²) in [6, 6.07) is 4.12. The number of carboxylic acids is 1. The van der Waals surface area contributed by atoms with Gasteiger partial charge in [0.1, 0.15) is 0 Å². The van der Waals surface area contributed by atoms with Crippen LogP contribution in [0.3, 0.4) is 0 Å². The van der Waals surface area contributed by atoms with Crippen molar-refractivity contribution >= 4 is 17.0 Å². The van der Waals surface area contributed by atoms with Gasteiger partial charge in [-0.1, -0.05) is 6.07 Å². The maximum Gasteiger partial charge on any atom is 0.316 e. The van der Waals surface area contributed by atoms with Gasteiger partial charge in [-0.3, -0.25) is 9.59 Å². The highest BCUT2D eigenvalue weighted by atomic mass is 16.4. The van der Waals surface area contributed by atoms with Crippen LogP contribution >= 0.6 is 0 Å². The number of aromatic carboxylic acids is 1. The number of carboxylic acid groups (broad SMARTS) is 1. The summed E-state index contributed by atoms with van der Waals surface area (Å²) in [6.45, 7) is 0. The van der Waals surface area contributed by atoms with E-state index in [4.69, 9.17) is 0 Å². The van der Waals surface area contributed by atoms with Crippen LogP contribution in [0.2, 0.25) is 0 Å². The first kappa shape index (κ1) is 11.1. The van der Waals surface area contributed by atoms with Crippen LogP contribution in [0.4, 0.5) is 0 Å². The predicted octanol–water partition coefficient (Wildman–Crippen LogP) is -1.40. The van der Waals surface area contributed by atoms with Crippen molar-refractivity contribution in [2.75, 3.05) is 0 Å². The van der Waals surface area contributed by atoms with E-state index in [2.05, 4.69) is 0 Å². The lowest BCUT2D eigenvalue weighted by Crippen LogP contribution is -2.39. The third-order valence-electron chi connectivity index (χ3n) is 2.73. The molecule has 0 fully saturated rings. The highest BCUT2D eigenvalue weighted by molar-refractivity contribution is 5.91. The Labute approximate surface area is 95.3 Å². The van der Waals surface area contributed by atoms with Gasteiger partial charge in [0.05, 0.1) is 17.0 Å². The second-order valence-corrected chi connectivity index (χ2v) is 3.72. The van der Waals surface area contributed by atoms with E-state index in [0.717, 1.165) is 4.57 Å². The molecule has 0 unspecified atom stereocenters. The molecule has 1 aromatic carbocycles. The second-order valence-electron chi connectivity index (χ2n) is 3.72. The molecule has 0 aliphatic rings. The average molecular weight is 233 g/mol. The van der Waals surface area contributed by atoms with Gasteiger partial charge in [0.2, 0.25) is 0 Å². The molecule has 0 atom stereocenters. The Morgan fingerprint density at radius 1 is 1.06 bits per heavy atom. The van der Waals surface area contributed by atoms with Gasteiger partial charge in [-0.2, -0.15) is 0 Å². The van der Waals surface area contributed by atoms with Crippen molar-refractivity contribution in [2.45, 2.75) is 0 Å². The number of rotatable bonds is 1. The van der Waals surface area contributed by atoms with E-state index in [1.54, 1.807) is 0 Å². The van der Waals surface area contributed by atoms with Crippen molar-refractivity contribution < 1.29 is 9.90 Å². The maximum atomic E-state index is 11.6. The van der Waals surface area contributed by atoms with Crippen LogP contribution in [-0.4, -0.2) is 15.1 Å². The second kappa shape index (κ2) is 3.58. The summed E-state index contributed by atoms with van der Waals surface area (Å²) in [4.78, 5) is 33.8. The Kier molecular flexibility index (Phi) is 2.35. The average Bonchev–Trinajstić information content (AvgIpc) is 2.32. The zero-order valence-corrected chi connectivity index (χ0v) is 9.26. The molecule has 0 spiro atoms. The fraction of sp³-hybridized carbons (Fsp3) is 0.182. The third kappa shape index (κ3) is 1.54. The van der Waals surface area contributed by atoms with E-state index < -0.39 is 17.1 Å². The first-order chi connectivity index (χ1) is 7.93. The standard InChI is InChI=1S/C11H10N2O4/c1-12-7-4-3-6(11(16)17)5-8(7)13(2)10(15)9(12)14/h3-5H,1-2H3,(H,16,17)/p-1. The lowest BCUT2D eigenvalue weighted by molar-refractivity contribution is -0.255. The van der Waals surface area contributed by atoms with E-state index in [-0.39, 0.29) is 5.56 Å². The molecule has 88 valence electrons. The monoisotopic (exact) mass is 233 g/mol. The van der Waals surface area contributed by atoms with Gasteiger partial charge >= 0.3 is 11.1 Å². The quantitative estimate of drug-likeness (QED) is 0.567. The number of carbonyl (C=O) groups excluding carboxylic acids is 1. The molecule has 0 aliphatic carbocycles. The largest absolute Gasteiger partial charge is 0.545 e. The lowest BCUT2D eigenvalue weighted by Gasteiger charge is -2.10. The van der Waals surface area contributed by atoms with Crippen LogP contribution in [0.5, 0.6) is 0 Å². The summed E-state index contributed by atoms with van der Waals surface area (Å²) >= 11 is 0. The number of aryl methyl sites for hydroxylation is 2. The fourth-order valence-electron chi connectivity index (χ4n) is 1.71. The predicted molar refractivity (Wildman–Crippen MR) is 58.8 cm³/mol. The number of carbonyl (C=O) groups is 1. The van der Waals surface area contributed by atoms with Crippen LogP contribution in [0.1, 0.15) is 10.4 Å². The van der Waals surface area contributed by atoms with Crippen molar-refractivity contribution in [3.8, 4) is 0 Å². The molecule has 2 aromatic rings. The van der Waals surface area contributed by atoms with E-state index >= 15 is 0 Å². The number of fused-ring (bicyclic) bond motifs is 1. The molecule has 0 amide bonds. The maximum absolute atomic E-state index is 11.6. The summed E-state index contributed by atoms with van der Waals surface area (Å²) in [5, 5.41) is 10.7. The summed E-state index contributed by atoms with van der Waals surface area (Å²) in [5.74, 6) is -1.33. The van der Waals surface area contributed by atoms with Crippen LogP contribution in [0.15, 0.2) is 27.8 Å². The Morgan fingerprint density at radius 2 is 1.59 bits per heavy atom. The van der Waals surface area contributed by atoms with Gasteiger partial charge in [0, 0.05) is 14.1 Å². The number of nitrogens with zero attached hydrogens (tertiary/aromatic N) is 2. The van der Waals surface area contributed by atoms with Gasteiger partial charge in [0.15, 0.2) is 0 Å². The van der Waals surface area contributed by atoms with Gasteiger partial charge in [-0.05, 0) is 17.7 Å². The van der Waals surface area contributed by atoms with Gasteiger partial charge in [0.25, 0.3) is 0 Å². The minimum absolute atomic E-state index is 0.0360.